The van der Waals surface area contributed by atoms with E-state index >= 15 is 0 Å². The van der Waals surface area contributed by atoms with Crippen LogP contribution in [0.4, 0.5) is 8.78 Å². The first kappa shape index (κ1) is 15.4. The molecule has 0 aromatic heterocycles. The van der Waals surface area contributed by atoms with Gasteiger partial charge in [-0.3, -0.25) is 4.90 Å². The average molecular weight is 284 g/mol. The first-order valence-electron chi connectivity index (χ1n) is 7.05. The van der Waals surface area contributed by atoms with Crippen LogP contribution in [-0.4, -0.2) is 38.3 Å². The zero-order valence-corrected chi connectivity index (χ0v) is 11.8. The summed E-state index contributed by atoms with van der Waals surface area (Å²) in [6, 6.07) is 3.94. The molecule has 1 fully saturated rings. The Morgan fingerprint density at radius 3 is 2.90 bits per heavy atom. The van der Waals surface area contributed by atoms with Gasteiger partial charge in [-0.15, -0.1) is 0 Å². The molecule has 1 aromatic carbocycles. The van der Waals surface area contributed by atoms with Gasteiger partial charge in [0.1, 0.15) is 0 Å². The molecule has 20 heavy (non-hydrogen) atoms. The number of nitrogens with two attached hydrogens (primary N) is 1. The molecule has 0 aliphatic carbocycles. The lowest BCUT2D eigenvalue weighted by atomic mass is 9.99. The number of ether oxygens (including phenoxy) is 1. The molecule has 112 valence electrons. The van der Waals surface area contributed by atoms with E-state index in [9.17, 15) is 8.78 Å². The Bertz CT molecular complexity index is 436. The predicted molar refractivity (Wildman–Crippen MR) is 74.3 cm³/mol. The molecule has 3 nitrogen and oxygen atoms in total. The maximum Gasteiger partial charge on any atom is 0.163 e. The molecule has 1 aliphatic rings. The summed E-state index contributed by atoms with van der Waals surface area (Å²) in [5.74, 6) is -1.19. The maximum atomic E-state index is 13.9. The van der Waals surface area contributed by atoms with Crippen molar-refractivity contribution in [1.29, 1.82) is 0 Å². The van der Waals surface area contributed by atoms with Crippen LogP contribution in [0.25, 0.3) is 0 Å². The summed E-state index contributed by atoms with van der Waals surface area (Å²) in [5.41, 5.74) is 6.09. The average Bonchev–Trinajstić information content (AvgIpc) is 2.45. The highest BCUT2D eigenvalue weighted by Gasteiger charge is 2.24. The van der Waals surface area contributed by atoms with Gasteiger partial charge in [0, 0.05) is 31.3 Å². The fourth-order valence-corrected chi connectivity index (χ4v) is 2.81. The first-order chi connectivity index (χ1) is 9.63. The van der Waals surface area contributed by atoms with Gasteiger partial charge in [0.25, 0.3) is 0 Å². The van der Waals surface area contributed by atoms with Crippen LogP contribution in [-0.2, 0) is 4.74 Å². The Morgan fingerprint density at radius 2 is 2.25 bits per heavy atom. The first-order valence-corrected chi connectivity index (χ1v) is 7.05. The van der Waals surface area contributed by atoms with E-state index in [0.29, 0.717) is 11.5 Å². The van der Waals surface area contributed by atoms with E-state index < -0.39 is 11.6 Å². The molecule has 2 atom stereocenters. The second-order valence-corrected chi connectivity index (χ2v) is 5.42. The van der Waals surface area contributed by atoms with Gasteiger partial charge in [-0.05, 0) is 31.9 Å². The number of nitrogens with zero attached hydrogens (tertiary/aromatic N) is 1. The zero-order valence-electron chi connectivity index (χ0n) is 11.8. The van der Waals surface area contributed by atoms with Crippen LogP contribution in [0.2, 0.25) is 0 Å². The molecule has 0 spiro atoms. The topological polar surface area (TPSA) is 38.5 Å². The number of halogens is 2. The molecule has 0 saturated carbocycles. The highest BCUT2D eigenvalue weighted by molar-refractivity contribution is 5.23. The number of likely N-dealkylation sites (N-methyl/N-ethyl adjacent to an activating group) is 1. The van der Waals surface area contributed by atoms with Crippen molar-refractivity contribution in [2.75, 3.05) is 33.4 Å². The highest BCUT2D eigenvalue weighted by Crippen LogP contribution is 2.25. The Kier molecular flexibility index (Phi) is 5.46. The summed E-state index contributed by atoms with van der Waals surface area (Å²) in [4.78, 5) is 2.00. The Labute approximate surface area is 118 Å². The van der Waals surface area contributed by atoms with Crippen molar-refractivity contribution in [3.63, 3.8) is 0 Å². The number of hydrogen-bond donors (Lipinski definition) is 1. The van der Waals surface area contributed by atoms with Crippen molar-refractivity contribution in [2.45, 2.75) is 18.9 Å². The summed E-state index contributed by atoms with van der Waals surface area (Å²) >= 11 is 0. The smallest absolute Gasteiger partial charge is 0.163 e. The van der Waals surface area contributed by atoms with Crippen LogP contribution in [0.1, 0.15) is 24.4 Å². The lowest BCUT2D eigenvalue weighted by molar-refractivity contribution is 0.0363. The van der Waals surface area contributed by atoms with E-state index in [4.69, 9.17) is 10.5 Å². The van der Waals surface area contributed by atoms with Gasteiger partial charge in [-0.1, -0.05) is 12.1 Å². The normalized spacial score (nSPS) is 21.1. The summed E-state index contributed by atoms with van der Waals surface area (Å²) in [7, 11) is 1.90. The van der Waals surface area contributed by atoms with Gasteiger partial charge in [-0.2, -0.15) is 0 Å². The molecule has 0 bridgehead atoms. The van der Waals surface area contributed by atoms with E-state index in [0.717, 1.165) is 38.7 Å². The van der Waals surface area contributed by atoms with E-state index in [1.54, 1.807) is 6.07 Å². The molecule has 2 rings (SSSR count). The van der Waals surface area contributed by atoms with Gasteiger partial charge in [0.15, 0.2) is 11.6 Å². The summed E-state index contributed by atoms with van der Waals surface area (Å²) in [6.07, 6.45) is 2.16. The third kappa shape index (κ3) is 3.53. The van der Waals surface area contributed by atoms with Gasteiger partial charge in [-0.25, -0.2) is 8.78 Å². The molecule has 1 aromatic rings. The summed E-state index contributed by atoms with van der Waals surface area (Å²) in [6.45, 7) is 2.58. The van der Waals surface area contributed by atoms with Gasteiger partial charge < -0.3 is 10.5 Å². The largest absolute Gasteiger partial charge is 0.381 e. The monoisotopic (exact) mass is 284 g/mol. The van der Waals surface area contributed by atoms with Crippen LogP contribution in [0, 0.1) is 17.6 Å². The molecule has 0 radical (unpaired) electrons. The Morgan fingerprint density at radius 1 is 1.45 bits per heavy atom. The quantitative estimate of drug-likeness (QED) is 0.902. The fraction of sp³-hybridized carbons (Fsp3) is 0.600. The van der Waals surface area contributed by atoms with E-state index in [2.05, 4.69) is 0 Å². The van der Waals surface area contributed by atoms with Gasteiger partial charge in [0.05, 0.1) is 6.61 Å². The maximum absolute atomic E-state index is 13.9. The second kappa shape index (κ2) is 7.11. The second-order valence-electron chi connectivity index (χ2n) is 5.42. The minimum atomic E-state index is -0.824. The van der Waals surface area contributed by atoms with Crippen molar-refractivity contribution in [2.24, 2.45) is 11.7 Å². The third-order valence-electron chi connectivity index (χ3n) is 3.90. The highest BCUT2D eigenvalue weighted by atomic mass is 19.2. The minimum absolute atomic E-state index is 0.254. The van der Waals surface area contributed by atoms with Crippen LogP contribution >= 0.6 is 0 Å². The SMILES string of the molecule is CN(CC1CCCOC1)C(CN)c1cccc(F)c1F. The standard InChI is InChI=1S/C15H22F2N2O/c1-19(9-11-4-3-7-20-10-11)14(8-18)12-5-2-6-13(16)15(12)17/h2,5-6,11,14H,3-4,7-10,18H2,1H3. The van der Waals surface area contributed by atoms with Crippen LogP contribution in [0.5, 0.6) is 0 Å². The summed E-state index contributed by atoms with van der Waals surface area (Å²) < 4.78 is 32.7. The van der Waals surface area contributed by atoms with Crippen molar-refractivity contribution >= 4 is 0 Å². The lowest BCUT2D eigenvalue weighted by Crippen LogP contribution is -2.37. The molecular formula is C15H22F2N2O. The number of benzene rings is 1. The van der Waals surface area contributed by atoms with Gasteiger partial charge >= 0.3 is 0 Å². The number of hydrogen-bond acceptors (Lipinski definition) is 3. The molecule has 2 unspecified atom stereocenters. The van der Waals surface area contributed by atoms with Crippen molar-refractivity contribution in [3.8, 4) is 0 Å². The molecule has 2 N–H and O–H groups in total. The Balaban J connectivity index is 2.08. The van der Waals surface area contributed by atoms with Crippen molar-refractivity contribution in [3.05, 3.63) is 35.4 Å². The summed E-state index contributed by atoms with van der Waals surface area (Å²) in [5, 5.41) is 0. The van der Waals surface area contributed by atoms with Crippen LogP contribution in [0.3, 0.4) is 0 Å². The fourth-order valence-electron chi connectivity index (χ4n) is 2.81. The predicted octanol–water partition coefficient (Wildman–Crippen LogP) is 2.32. The molecule has 1 aliphatic heterocycles. The lowest BCUT2D eigenvalue weighted by Gasteiger charge is -2.32. The Hall–Kier alpha value is -1.04. The molecule has 1 saturated heterocycles. The van der Waals surface area contributed by atoms with E-state index in [1.165, 1.54) is 6.07 Å². The van der Waals surface area contributed by atoms with Crippen molar-refractivity contribution < 1.29 is 13.5 Å². The zero-order chi connectivity index (χ0) is 14.5. The number of rotatable bonds is 5. The van der Waals surface area contributed by atoms with Crippen LogP contribution in [0.15, 0.2) is 18.2 Å². The molecule has 0 amide bonds. The van der Waals surface area contributed by atoms with E-state index in [-0.39, 0.29) is 12.6 Å². The molecule has 1 heterocycles. The third-order valence-corrected chi connectivity index (χ3v) is 3.90. The van der Waals surface area contributed by atoms with E-state index in [1.807, 2.05) is 11.9 Å². The van der Waals surface area contributed by atoms with Crippen LogP contribution < -0.4 is 5.73 Å². The molecule has 5 heteroatoms. The molecular weight excluding hydrogens is 262 g/mol. The van der Waals surface area contributed by atoms with Gasteiger partial charge in [0.2, 0.25) is 0 Å². The van der Waals surface area contributed by atoms with Crippen molar-refractivity contribution in [1.82, 2.24) is 4.90 Å². The minimum Gasteiger partial charge on any atom is -0.381 e.